The molecular weight excluding hydrogens is 443 g/mol. The molecular formula is C19H15IN4O2. The lowest BCUT2D eigenvalue weighted by molar-refractivity contribution is 0.255. The number of pyridine rings is 1. The van der Waals surface area contributed by atoms with Gasteiger partial charge in [0.2, 0.25) is 0 Å². The molecule has 130 valence electrons. The molecule has 0 saturated heterocycles. The molecule has 4 aromatic rings. The van der Waals surface area contributed by atoms with E-state index in [1.165, 1.54) is 0 Å². The van der Waals surface area contributed by atoms with Crippen molar-refractivity contribution in [3.05, 3.63) is 57.5 Å². The number of aryl methyl sites for hydroxylation is 2. The van der Waals surface area contributed by atoms with Gasteiger partial charge in [-0.3, -0.25) is 4.98 Å². The molecule has 1 aromatic carbocycles. The zero-order valence-corrected chi connectivity index (χ0v) is 16.4. The first-order chi connectivity index (χ1) is 12.6. The molecule has 0 bridgehead atoms. The molecule has 0 amide bonds. The van der Waals surface area contributed by atoms with Crippen molar-refractivity contribution in [1.29, 1.82) is 0 Å². The molecule has 0 unspecified atom stereocenters. The van der Waals surface area contributed by atoms with E-state index in [1.54, 1.807) is 0 Å². The Bertz CT molecular complexity index is 1110. The summed E-state index contributed by atoms with van der Waals surface area (Å²) >= 11 is 2.28. The number of aromatic nitrogens is 4. The van der Waals surface area contributed by atoms with Crippen LogP contribution in [0, 0.1) is 17.7 Å². The predicted octanol–water partition coefficient (Wildman–Crippen LogP) is 4.29. The fourth-order valence-electron chi connectivity index (χ4n) is 3.65. The van der Waals surface area contributed by atoms with Gasteiger partial charge in [-0.15, -0.1) is 0 Å². The molecule has 0 aliphatic carbocycles. The second-order valence-corrected chi connectivity index (χ2v) is 7.31. The van der Waals surface area contributed by atoms with Gasteiger partial charge in [-0.1, -0.05) is 11.2 Å². The van der Waals surface area contributed by atoms with Crippen molar-refractivity contribution in [3.63, 3.8) is 0 Å². The van der Waals surface area contributed by atoms with Gasteiger partial charge in [0, 0.05) is 11.8 Å². The summed E-state index contributed by atoms with van der Waals surface area (Å²) < 4.78 is 14.8. The Kier molecular flexibility index (Phi) is 3.53. The van der Waals surface area contributed by atoms with Crippen molar-refractivity contribution in [3.8, 4) is 16.9 Å². The summed E-state index contributed by atoms with van der Waals surface area (Å²) in [5, 5.41) is 4.09. The van der Waals surface area contributed by atoms with Gasteiger partial charge in [0.1, 0.15) is 23.9 Å². The van der Waals surface area contributed by atoms with Crippen LogP contribution in [0.25, 0.3) is 22.2 Å². The fourth-order valence-corrected chi connectivity index (χ4v) is 4.49. The van der Waals surface area contributed by atoms with E-state index in [2.05, 4.69) is 37.3 Å². The Labute approximate surface area is 163 Å². The predicted molar refractivity (Wildman–Crippen MR) is 105 cm³/mol. The van der Waals surface area contributed by atoms with Crippen LogP contribution >= 0.6 is 22.6 Å². The Balaban J connectivity index is 1.79. The van der Waals surface area contributed by atoms with Crippen molar-refractivity contribution in [1.82, 2.24) is 19.7 Å². The number of imidazole rings is 1. The van der Waals surface area contributed by atoms with Crippen LogP contribution in [-0.2, 0) is 0 Å². The van der Waals surface area contributed by atoms with E-state index in [9.17, 15) is 0 Å². The number of rotatable bonds is 2. The number of benzene rings is 1. The van der Waals surface area contributed by atoms with Crippen molar-refractivity contribution in [2.24, 2.45) is 0 Å². The number of halogens is 1. The van der Waals surface area contributed by atoms with Crippen LogP contribution in [-0.4, -0.2) is 26.3 Å². The average molecular weight is 458 g/mol. The molecule has 7 heteroatoms. The lowest BCUT2D eigenvalue weighted by Crippen LogP contribution is -2.25. The maximum atomic E-state index is 6.27. The molecule has 5 rings (SSSR count). The van der Waals surface area contributed by atoms with Gasteiger partial charge in [-0.2, -0.15) is 0 Å². The summed E-state index contributed by atoms with van der Waals surface area (Å²) in [5.41, 5.74) is 5.72. The largest absolute Gasteiger partial charge is 0.488 e. The first kappa shape index (κ1) is 15.8. The highest BCUT2D eigenvalue weighted by molar-refractivity contribution is 14.1. The van der Waals surface area contributed by atoms with Crippen LogP contribution in [0.3, 0.4) is 0 Å². The van der Waals surface area contributed by atoms with Crippen LogP contribution in [0.1, 0.15) is 23.2 Å². The smallest absolute Gasteiger partial charge is 0.173 e. The molecule has 0 spiro atoms. The second kappa shape index (κ2) is 5.80. The van der Waals surface area contributed by atoms with Crippen LogP contribution in [0.2, 0.25) is 0 Å². The Morgan fingerprint density at radius 3 is 2.81 bits per heavy atom. The summed E-state index contributed by atoms with van der Waals surface area (Å²) in [7, 11) is 0. The second-order valence-electron chi connectivity index (χ2n) is 6.34. The van der Waals surface area contributed by atoms with Crippen LogP contribution in [0.15, 0.2) is 41.1 Å². The van der Waals surface area contributed by atoms with Gasteiger partial charge in [-0.05, 0) is 60.7 Å². The quantitative estimate of drug-likeness (QED) is 0.420. The van der Waals surface area contributed by atoms with Crippen molar-refractivity contribution < 1.29 is 9.26 Å². The van der Waals surface area contributed by atoms with Crippen molar-refractivity contribution in [2.75, 3.05) is 6.61 Å². The third-order valence-corrected chi connectivity index (χ3v) is 5.55. The Morgan fingerprint density at radius 1 is 1.19 bits per heavy atom. The normalized spacial score (nSPS) is 16.0. The first-order valence-corrected chi connectivity index (χ1v) is 9.40. The lowest BCUT2D eigenvalue weighted by atomic mass is 10.0. The molecule has 4 heterocycles. The molecule has 0 fully saturated rings. The molecule has 0 saturated carbocycles. The monoisotopic (exact) mass is 458 g/mol. The van der Waals surface area contributed by atoms with E-state index in [4.69, 9.17) is 14.2 Å². The van der Waals surface area contributed by atoms with Gasteiger partial charge in [-0.25, -0.2) is 4.98 Å². The van der Waals surface area contributed by atoms with Crippen molar-refractivity contribution in [2.45, 2.75) is 19.9 Å². The molecule has 0 N–H and O–H groups in total. The van der Waals surface area contributed by atoms with E-state index in [1.807, 2.05) is 50.4 Å². The summed E-state index contributed by atoms with van der Waals surface area (Å²) in [6.07, 6.45) is 1.81. The molecule has 6 nitrogen and oxygen atoms in total. The molecule has 3 aromatic heterocycles. The standard InChI is InChI=1S/C19H15IN4O2/c1-10-16(11(2)26-23-10)12-6-7-14-17-18(12)25-9-15(24(17)19(20)22-14)13-5-3-4-8-21-13/h3-8,15H,9H2,1-2H3/t15-/m1/s1. The third-order valence-electron chi connectivity index (χ3n) is 4.79. The summed E-state index contributed by atoms with van der Waals surface area (Å²) in [4.78, 5) is 9.26. The SMILES string of the molecule is Cc1noc(C)c1-c1ccc2nc(I)n3c2c1OC[C@@H]3c1ccccn1. The molecule has 1 atom stereocenters. The first-order valence-electron chi connectivity index (χ1n) is 8.32. The van der Waals surface area contributed by atoms with Crippen LogP contribution in [0.5, 0.6) is 5.75 Å². The van der Waals surface area contributed by atoms with Gasteiger partial charge < -0.3 is 13.8 Å². The minimum Gasteiger partial charge on any atom is -0.488 e. The van der Waals surface area contributed by atoms with Gasteiger partial charge in [0.25, 0.3) is 0 Å². The lowest BCUT2D eigenvalue weighted by Gasteiger charge is -2.27. The maximum Gasteiger partial charge on any atom is 0.173 e. The average Bonchev–Trinajstić information content (AvgIpc) is 3.17. The summed E-state index contributed by atoms with van der Waals surface area (Å²) in [6.45, 7) is 4.38. The number of nitrogens with zero attached hydrogens (tertiary/aromatic N) is 4. The summed E-state index contributed by atoms with van der Waals surface area (Å²) in [6, 6.07) is 10.0. The topological polar surface area (TPSA) is 66.0 Å². The Morgan fingerprint density at radius 2 is 2.08 bits per heavy atom. The maximum absolute atomic E-state index is 6.27. The van der Waals surface area contributed by atoms with Crippen LogP contribution < -0.4 is 4.74 Å². The molecule has 1 aliphatic rings. The molecule has 1 aliphatic heterocycles. The van der Waals surface area contributed by atoms with Crippen LogP contribution in [0.4, 0.5) is 0 Å². The van der Waals surface area contributed by atoms with Gasteiger partial charge in [0.05, 0.1) is 22.5 Å². The molecule has 0 radical (unpaired) electrons. The number of hydrogen-bond acceptors (Lipinski definition) is 5. The Hall–Kier alpha value is -2.42. The van der Waals surface area contributed by atoms with Gasteiger partial charge in [0.15, 0.2) is 9.58 Å². The van der Waals surface area contributed by atoms with Crippen molar-refractivity contribution >= 4 is 33.6 Å². The molecule has 26 heavy (non-hydrogen) atoms. The number of ether oxygens (including phenoxy) is 1. The van der Waals surface area contributed by atoms with E-state index >= 15 is 0 Å². The minimum absolute atomic E-state index is 0.000480. The number of hydrogen-bond donors (Lipinski definition) is 0. The fraction of sp³-hybridized carbons (Fsp3) is 0.211. The highest BCUT2D eigenvalue weighted by Crippen LogP contribution is 2.44. The van der Waals surface area contributed by atoms with E-state index in [0.29, 0.717) is 6.61 Å². The zero-order valence-electron chi connectivity index (χ0n) is 14.2. The van der Waals surface area contributed by atoms with E-state index in [-0.39, 0.29) is 6.04 Å². The third kappa shape index (κ3) is 2.19. The summed E-state index contributed by atoms with van der Waals surface area (Å²) in [5.74, 6) is 1.62. The van der Waals surface area contributed by atoms with E-state index in [0.717, 1.165) is 48.9 Å². The zero-order chi connectivity index (χ0) is 17.8. The highest BCUT2D eigenvalue weighted by atomic mass is 127. The van der Waals surface area contributed by atoms with Gasteiger partial charge >= 0.3 is 0 Å². The highest BCUT2D eigenvalue weighted by Gasteiger charge is 2.31. The van der Waals surface area contributed by atoms with E-state index < -0.39 is 0 Å². The minimum atomic E-state index is 0.000480.